The maximum Gasteiger partial charge on any atom is 0.261 e. The monoisotopic (exact) mass is 397 g/mol. The fourth-order valence-electron chi connectivity index (χ4n) is 2.35. The van der Waals surface area contributed by atoms with Gasteiger partial charge in [0.05, 0.1) is 16.8 Å². The molecule has 0 aliphatic carbocycles. The lowest BCUT2D eigenvalue weighted by molar-refractivity contribution is 0.403. The predicted molar refractivity (Wildman–Crippen MR) is 109 cm³/mol. The van der Waals surface area contributed by atoms with Gasteiger partial charge in [-0.3, -0.25) is 10.1 Å². The summed E-state index contributed by atoms with van der Waals surface area (Å²) in [6.45, 7) is 1.89. The fraction of sp³-hybridized carbons (Fsp3) is 0.0500. The molecule has 0 fully saturated rings. The van der Waals surface area contributed by atoms with Gasteiger partial charge in [0.2, 0.25) is 0 Å². The molecule has 7 nitrogen and oxygen atoms in total. The lowest BCUT2D eigenvalue weighted by Gasteiger charge is -2.09. The van der Waals surface area contributed by atoms with Gasteiger partial charge in [0, 0.05) is 5.69 Å². The van der Waals surface area contributed by atoms with Gasteiger partial charge in [-0.25, -0.2) is 8.42 Å². The number of hydrogen-bond acceptors (Lipinski definition) is 6. The molecular formula is C20H19N3O4S. The van der Waals surface area contributed by atoms with E-state index in [1.54, 1.807) is 54.6 Å². The number of hydrogen-bond donors (Lipinski definition) is 4. The second-order valence-electron chi connectivity index (χ2n) is 6.11. The molecule has 144 valence electrons. The average molecular weight is 397 g/mol. The van der Waals surface area contributed by atoms with Crippen LogP contribution in [0.3, 0.4) is 0 Å². The van der Waals surface area contributed by atoms with E-state index in [2.05, 4.69) is 15.2 Å². The summed E-state index contributed by atoms with van der Waals surface area (Å²) in [5, 5.41) is 22.8. The molecule has 4 N–H and O–H groups in total. The lowest BCUT2D eigenvalue weighted by Crippen LogP contribution is -2.12. The summed E-state index contributed by atoms with van der Waals surface area (Å²) in [7, 11) is -3.65. The fourth-order valence-corrected chi connectivity index (χ4v) is 3.41. The molecule has 0 spiro atoms. The van der Waals surface area contributed by atoms with Crippen molar-refractivity contribution in [3.05, 3.63) is 77.9 Å². The van der Waals surface area contributed by atoms with Crippen LogP contribution in [0.4, 0.5) is 11.4 Å². The molecule has 0 aliphatic rings. The van der Waals surface area contributed by atoms with E-state index >= 15 is 0 Å². The van der Waals surface area contributed by atoms with E-state index in [0.29, 0.717) is 16.9 Å². The van der Waals surface area contributed by atoms with Gasteiger partial charge in [0.1, 0.15) is 0 Å². The lowest BCUT2D eigenvalue weighted by atomic mass is 10.2. The highest BCUT2D eigenvalue weighted by Crippen LogP contribution is 2.24. The highest BCUT2D eigenvalue weighted by Gasteiger charge is 2.13. The number of rotatable bonds is 6. The molecule has 0 bridgehead atoms. The van der Waals surface area contributed by atoms with E-state index in [4.69, 9.17) is 0 Å². The Bertz CT molecular complexity index is 1090. The van der Waals surface area contributed by atoms with Crippen LogP contribution >= 0.6 is 0 Å². The summed E-state index contributed by atoms with van der Waals surface area (Å²) in [6, 6.07) is 17.6. The van der Waals surface area contributed by atoms with Crippen LogP contribution < -0.4 is 10.1 Å². The van der Waals surface area contributed by atoms with Gasteiger partial charge >= 0.3 is 0 Å². The molecule has 0 aliphatic heterocycles. The predicted octanol–water partition coefficient (Wildman–Crippen LogP) is 3.65. The Morgan fingerprint density at radius 1 is 0.857 bits per heavy atom. The average Bonchev–Trinajstić information content (AvgIpc) is 2.66. The molecule has 0 atom stereocenters. The molecule has 3 aromatic rings. The zero-order chi connectivity index (χ0) is 20.1. The van der Waals surface area contributed by atoms with E-state index in [-0.39, 0.29) is 16.4 Å². The molecule has 0 amide bonds. The number of sulfonamides is 1. The number of aromatic hydroxyl groups is 2. The van der Waals surface area contributed by atoms with Crippen LogP contribution in [-0.2, 0) is 10.0 Å². The molecule has 3 rings (SSSR count). The number of anilines is 2. The molecule has 0 aromatic heterocycles. The quantitative estimate of drug-likeness (QED) is 0.288. The SMILES string of the molecule is Cc1ccc(S(=O)(=O)Nc2ccc(N/N=C/c3ccc(O)c(O)c3)cc2)cc1. The molecule has 0 unspecified atom stereocenters. The van der Waals surface area contributed by atoms with Crippen LogP contribution in [0.15, 0.2) is 76.7 Å². The summed E-state index contributed by atoms with van der Waals surface area (Å²) in [4.78, 5) is 0.196. The number of aryl methyl sites for hydroxylation is 1. The second-order valence-corrected chi connectivity index (χ2v) is 7.80. The standard InChI is InChI=1S/C20H19N3O4S/c1-14-2-9-18(10-3-14)28(26,27)23-17-7-5-16(6-8-17)22-21-13-15-4-11-19(24)20(25)12-15/h2-13,22-25H,1H3/b21-13+. The van der Waals surface area contributed by atoms with Crippen molar-refractivity contribution in [1.29, 1.82) is 0 Å². The summed E-state index contributed by atoms with van der Waals surface area (Å²) in [5.41, 5.74) is 5.47. The van der Waals surface area contributed by atoms with Gasteiger partial charge < -0.3 is 10.2 Å². The van der Waals surface area contributed by atoms with E-state index in [1.165, 1.54) is 18.3 Å². The first-order chi connectivity index (χ1) is 13.3. The molecular weight excluding hydrogens is 378 g/mol. The smallest absolute Gasteiger partial charge is 0.261 e. The van der Waals surface area contributed by atoms with Crippen molar-refractivity contribution in [3.8, 4) is 11.5 Å². The first-order valence-corrected chi connectivity index (χ1v) is 9.82. The Labute approximate surface area is 163 Å². The zero-order valence-corrected chi connectivity index (χ0v) is 15.8. The summed E-state index contributed by atoms with van der Waals surface area (Å²) in [5.74, 6) is -0.428. The van der Waals surface area contributed by atoms with Gasteiger partial charge in [-0.15, -0.1) is 0 Å². The van der Waals surface area contributed by atoms with E-state index in [9.17, 15) is 18.6 Å². The number of benzene rings is 3. The van der Waals surface area contributed by atoms with Gasteiger partial charge in [-0.1, -0.05) is 17.7 Å². The second kappa shape index (κ2) is 8.01. The highest BCUT2D eigenvalue weighted by molar-refractivity contribution is 7.92. The normalized spacial score (nSPS) is 11.5. The maximum absolute atomic E-state index is 12.4. The maximum atomic E-state index is 12.4. The number of nitrogens with one attached hydrogen (secondary N) is 2. The largest absolute Gasteiger partial charge is 0.504 e. The molecule has 0 heterocycles. The number of nitrogens with zero attached hydrogens (tertiary/aromatic N) is 1. The van der Waals surface area contributed by atoms with Crippen LogP contribution in [0.1, 0.15) is 11.1 Å². The highest BCUT2D eigenvalue weighted by atomic mass is 32.2. The van der Waals surface area contributed by atoms with Crippen molar-refractivity contribution in [3.63, 3.8) is 0 Å². The van der Waals surface area contributed by atoms with Gasteiger partial charge in [-0.05, 0) is 67.1 Å². The topological polar surface area (TPSA) is 111 Å². The minimum Gasteiger partial charge on any atom is -0.504 e. The molecule has 3 aromatic carbocycles. The molecule has 28 heavy (non-hydrogen) atoms. The zero-order valence-electron chi connectivity index (χ0n) is 15.0. The first-order valence-electron chi connectivity index (χ1n) is 8.34. The van der Waals surface area contributed by atoms with Crippen molar-refractivity contribution < 1.29 is 18.6 Å². The van der Waals surface area contributed by atoms with Crippen LogP contribution in [0.25, 0.3) is 0 Å². The molecule has 0 radical (unpaired) electrons. The van der Waals surface area contributed by atoms with Crippen molar-refractivity contribution in [2.75, 3.05) is 10.1 Å². The van der Waals surface area contributed by atoms with E-state index in [1.807, 2.05) is 6.92 Å². The van der Waals surface area contributed by atoms with Gasteiger partial charge in [0.25, 0.3) is 10.0 Å². The third-order valence-corrected chi connectivity index (χ3v) is 5.27. The third-order valence-electron chi connectivity index (χ3n) is 3.88. The van der Waals surface area contributed by atoms with Gasteiger partial charge in [-0.2, -0.15) is 5.10 Å². The Morgan fingerprint density at radius 2 is 1.50 bits per heavy atom. The summed E-state index contributed by atoms with van der Waals surface area (Å²) < 4.78 is 27.3. The summed E-state index contributed by atoms with van der Waals surface area (Å²) in [6.07, 6.45) is 1.48. The third kappa shape index (κ3) is 4.80. The number of hydrazone groups is 1. The van der Waals surface area contributed by atoms with Crippen molar-refractivity contribution in [2.24, 2.45) is 5.10 Å². The minimum atomic E-state index is -3.65. The van der Waals surface area contributed by atoms with Gasteiger partial charge in [0.15, 0.2) is 11.5 Å². The van der Waals surface area contributed by atoms with Crippen molar-refractivity contribution >= 4 is 27.6 Å². The Balaban J connectivity index is 1.63. The molecule has 8 heteroatoms. The Kier molecular flexibility index (Phi) is 5.51. The van der Waals surface area contributed by atoms with Crippen LogP contribution in [0, 0.1) is 6.92 Å². The number of phenolic OH excluding ortho intramolecular Hbond substituents is 2. The van der Waals surface area contributed by atoms with Crippen molar-refractivity contribution in [1.82, 2.24) is 0 Å². The van der Waals surface area contributed by atoms with E-state index in [0.717, 1.165) is 5.56 Å². The summed E-state index contributed by atoms with van der Waals surface area (Å²) >= 11 is 0. The Hall–Kier alpha value is -3.52. The Morgan fingerprint density at radius 3 is 2.14 bits per heavy atom. The van der Waals surface area contributed by atoms with Crippen molar-refractivity contribution in [2.45, 2.75) is 11.8 Å². The van der Waals surface area contributed by atoms with Crippen LogP contribution in [0.2, 0.25) is 0 Å². The molecule has 0 saturated heterocycles. The minimum absolute atomic E-state index is 0.196. The van der Waals surface area contributed by atoms with E-state index < -0.39 is 10.0 Å². The van der Waals surface area contributed by atoms with Crippen LogP contribution in [-0.4, -0.2) is 24.8 Å². The molecule has 0 saturated carbocycles. The number of phenols is 2. The first kappa shape index (κ1) is 19.2. The van der Waals surface area contributed by atoms with Crippen LogP contribution in [0.5, 0.6) is 11.5 Å².